The van der Waals surface area contributed by atoms with Crippen LogP contribution >= 0.6 is 0 Å². The van der Waals surface area contributed by atoms with Gasteiger partial charge in [0.25, 0.3) is 11.8 Å². The number of pyridine rings is 1. The minimum absolute atomic E-state index is 0.194. The van der Waals surface area contributed by atoms with Crippen molar-refractivity contribution in [1.82, 2.24) is 26.1 Å². The van der Waals surface area contributed by atoms with Gasteiger partial charge < -0.3 is 15.4 Å². The van der Waals surface area contributed by atoms with E-state index in [4.69, 9.17) is 9.72 Å². The zero-order valence-corrected chi connectivity index (χ0v) is 28.7. The maximum Gasteiger partial charge on any atom is 0.316 e. The van der Waals surface area contributed by atoms with Crippen LogP contribution in [0.15, 0.2) is 36.4 Å². The second-order valence-corrected chi connectivity index (χ2v) is 14.1. The Labute approximate surface area is 282 Å². The second-order valence-electron chi connectivity index (χ2n) is 14.1. The van der Waals surface area contributed by atoms with Gasteiger partial charge in [0.1, 0.15) is 17.9 Å². The van der Waals surface area contributed by atoms with Crippen molar-refractivity contribution in [1.29, 1.82) is 0 Å². The number of nitrogens with one attached hydrogen (secondary N) is 3. The van der Waals surface area contributed by atoms with E-state index in [-0.39, 0.29) is 35.5 Å². The molecule has 1 aromatic carbocycles. The van der Waals surface area contributed by atoms with Crippen molar-refractivity contribution < 1.29 is 28.7 Å². The van der Waals surface area contributed by atoms with Crippen LogP contribution in [0.2, 0.25) is 0 Å². The van der Waals surface area contributed by atoms with Crippen molar-refractivity contribution in [3.05, 3.63) is 47.7 Å². The van der Waals surface area contributed by atoms with Gasteiger partial charge in [0.2, 0.25) is 5.91 Å². The topological polar surface area (TPSA) is 147 Å². The number of carbonyl (C=O) groups is 5. The molecule has 4 atom stereocenters. The quantitative estimate of drug-likeness (QED) is 0.405. The van der Waals surface area contributed by atoms with E-state index in [9.17, 15) is 24.0 Å². The fourth-order valence-electron chi connectivity index (χ4n) is 6.89. The smallest absolute Gasteiger partial charge is 0.316 e. The van der Waals surface area contributed by atoms with Gasteiger partial charge in [-0.3, -0.25) is 34.0 Å². The number of hydrogen-bond acceptors (Lipinski definition) is 8. The van der Waals surface area contributed by atoms with Crippen LogP contribution < -0.4 is 16.1 Å². The third-order valence-corrected chi connectivity index (χ3v) is 10.0. The summed E-state index contributed by atoms with van der Waals surface area (Å²) in [5.41, 5.74) is 4.35. The Morgan fingerprint density at radius 2 is 1.71 bits per heavy atom. The molecule has 2 fully saturated rings. The highest BCUT2D eigenvalue weighted by Crippen LogP contribution is 2.43. The van der Waals surface area contributed by atoms with E-state index >= 15 is 0 Å². The average Bonchev–Trinajstić information content (AvgIpc) is 3.08. The van der Waals surface area contributed by atoms with Crippen LogP contribution in [0.3, 0.4) is 0 Å². The number of hydrogen-bond donors (Lipinski definition) is 3. The Balaban J connectivity index is 1.51. The Kier molecular flexibility index (Phi) is 11.0. The molecule has 3 aliphatic rings. The number of carbonyl (C=O) groups excluding carboxylic acids is 5. The first-order valence-corrected chi connectivity index (χ1v) is 17.4. The highest BCUT2D eigenvalue weighted by atomic mass is 16.5. The lowest BCUT2D eigenvalue weighted by Gasteiger charge is -2.37. The molecule has 0 radical (unpaired) electrons. The molecule has 1 spiro atoms. The number of fused-ring (bicyclic) bond motifs is 4. The number of hydrazine groups is 1. The Morgan fingerprint density at radius 1 is 1.00 bits per heavy atom. The van der Waals surface area contributed by atoms with Crippen molar-refractivity contribution in [3.8, 4) is 0 Å². The summed E-state index contributed by atoms with van der Waals surface area (Å²) < 4.78 is 6.05. The molecule has 5 bridgehead atoms. The van der Waals surface area contributed by atoms with Gasteiger partial charge in [0, 0.05) is 24.8 Å². The van der Waals surface area contributed by atoms with Crippen LogP contribution in [-0.2, 0) is 28.7 Å². The fourth-order valence-corrected chi connectivity index (χ4v) is 6.89. The highest BCUT2D eigenvalue weighted by molar-refractivity contribution is 5.92. The molecule has 48 heavy (non-hydrogen) atoms. The molecule has 11 heteroatoms. The van der Waals surface area contributed by atoms with Gasteiger partial charge in [0.15, 0.2) is 6.10 Å². The molecule has 3 amide bonds. The predicted octanol–water partition coefficient (Wildman–Crippen LogP) is 4.55. The lowest BCUT2D eigenvalue weighted by Crippen LogP contribution is -2.61. The molecule has 1 aliphatic carbocycles. The number of Topliss-reactive ketones (excluding diaryl/α,β-unsaturated/α-hetero) is 1. The number of esters is 1. The summed E-state index contributed by atoms with van der Waals surface area (Å²) in [6.45, 7) is 9.31. The lowest BCUT2D eigenvalue weighted by molar-refractivity contribution is -0.168. The molecule has 5 rings (SSSR count). The minimum atomic E-state index is -1.12. The van der Waals surface area contributed by atoms with Gasteiger partial charge in [-0.25, -0.2) is 5.43 Å². The molecule has 1 aromatic heterocycles. The molecular weight excluding hydrogens is 610 g/mol. The molecule has 1 saturated carbocycles. The number of benzene rings is 1. The molecule has 2 aliphatic heterocycles. The van der Waals surface area contributed by atoms with Crippen LogP contribution in [0.4, 0.5) is 0 Å². The van der Waals surface area contributed by atoms with Gasteiger partial charge in [0.05, 0.1) is 22.7 Å². The highest BCUT2D eigenvalue weighted by Gasteiger charge is 2.44. The van der Waals surface area contributed by atoms with Crippen LogP contribution in [0.5, 0.6) is 0 Å². The van der Waals surface area contributed by atoms with E-state index in [0.29, 0.717) is 63.6 Å². The standard InChI is InChI=1S/C37H49N5O6/c1-6-28(43)20-26-14-17-37(18-15-26)16-13-25-9-10-27-11-12-29(40-31(27)21-25)23(4)38-33(44)30-8-7-19-42(41-30)35(46)24(5)39-34(45)32(22(2)3)48-36(37)47/h9-13,16,21-24,26,30,32,41H,6-8,14-15,17-20H2,1-5H3,(H,38,44)(H,39,45)/b16-13+/t23-,24+,26-,30+,32+,37+/m1/s1. The number of nitrogens with zero attached hydrogens (tertiary/aromatic N) is 2. The maximum atomic E-state index is 14.2. The normalized spacial score (nSPS) is 29.8. The Bertz CT molecular complexity index is 1580. The summed E-state index contributed by atoms with van der Waals surface area (Å²) in [5.74, 6) is -1.62. The number of aromatic nitrogens is 1. The van der Waals surface area contributed by atoms with Gasteiger partial charge in [-0.2, -0.15) is 0 Å². The average molecular weight is 660 g/mol. The molecule has 0 unspecified atom stereocenters. The first-order chi connectivity index (χ1) is 22.9. The molecule has 3 N–H and O–H groups in total. The third-order valence-electron chi connectivity index (χ3n) is 10.0. The zero-order valence-electron chi connectivity index (χ0n) is 28.7. The van der Waals surface area contributed by atoms with Crippen LogP contribution in [0.1, 0.15) is 103 Å². The van der Waals surface area contributed by atoms with Gasteiger partial charge in [-0.1, -0.05) is 51.1 Å². The monoisotopic (exact) mass is 659 g/mol. The van der Waals surface area contributed by atoms with E-state index in [0.717, 1.165) is 16.5 Å². The molecule has 1 saturated heterocycles. The van der Waals surface area contributed by atoms with E-state index in [1.54, 1.807) is 20.8 Å². The molecular formula is C37H49N5O6. The van der Waals surface area contributed by atoms with Crippen molar-refractivity contribution in [2.45, 2.75) is 110 Å². The van der Waals surface area contributed by atoms with Crippen LogP contribution in [0.25, 0.3) is 17.0 Å². The molecule has 3 heterocycles. The Morgan fingerprint density at radius 3 is 2.42 bits per heavy atom. The summed E-state index contributed by atoms with van der Waals surface area (Å²) in [4.78, 5) is 71.6. The summed E-state index contributed by atoms with van der Waals surface area (Å²) >= 11 is 0. The largest absolute Gasteiger partial charge is 0.451 e. The summed E-state index contributed by atoms with van der Waals surface area (Å²) in [7, 11) is 0. The lowest BCUT2D eigenvalue weighted by atomic mass is 9.69. The maximum absolute atomic E-state index is 14.2. The van der Waals surface area contributed by atoms with Crippen LogP contribution in [0, 0.1) is 17.3 Å². The first-order valence-electron chi connectivity index (χ1n) is 17.4. The molecule has 11 nitrogen and oxygen atoms in total. The summed E-state index contributed by atoms with van der Waals surface area (Å²) in [6.07, 6.45) is 7.17. The third kappa shape index (κ3) is 7.94. The van der Waals surface area contributed by atoms with E-state index in [2.05, 4.69) is 16.1 Å². The van der Waals surface area contributed by atoms with Crippen LogP contribution in [-0.4, -0.2) is 64.2 Å². The van der Waals surface area contributed by atoms with Crippen molar-refractivity contribution >= 4 is 46.5 Å². The van der Waals surface area contributed by atoms with E-state index in [1.807, 2.05) is 56.3 Å². The number of amides is 3. The predicted molar refractivity (Wildman–Crippen MR) is 182 cm³/mol. The second kappa shape index (κ2) is 15.0. The fraction of sp³-hybridized carbons (Fsp3) is 0.568. The van der Waals surface area contributed by atoms with E-state index < -0.39 is 35.5 Å². The molecule has 258 valence electrons. The van der Waals surface area contributed by atoms with Gasteiger partial charge in [-0.05, 0) is 81.9 Å². The van der Waals surface area contributed by atoms with Crippen molar-refractivity contribution in [2.75, 3.05) is 6.54 Å². The minimum Gasteiger partial charge on any atom is -0.451 e. The van der Waals surface area contributed by atoms with Crippen molar-refractivity contribution in [2.24, 2.45) is 17.3 Å². The number of rotatable bonds is 4. The SMILES string of the molecule is CCC(=O)C[C@H]1CC[C@]2(/C=C/c3ccc4ccc(nc4c3)[C@@H](C)NC(=O)[C@@H]3CCCN(N3)C(=O)[C@H](C)NC(=O)[C@H](C(C)C)OC2=O)CC1. The van der Waals surface area contributed by atoms with Gasteiger partial charge in [-0.15, -0.1) is 0 Å². The summed E-state index contributed by atoms with van der Waals surface area (Å²) in [5, 5.41) is 8.12. The van der Waals surface area contributed by atoms with Crippen molar-refractivity contribution in [3.63, 3.8) is 0 Å². The van der Waals surface area contributed by atoms with Gasteiger partial charge >= 0.3 is 5.97 Å². The molecule has 2 aromatic rings. The Hall–Kier alpha value is -4.12. The number of ether oxygens (including phenoxy) is 1. The summed E-state index contributed by atoms with van der Waals surface area (Å²) in [6, 6.07) is 7.81. The first kappa shape index (κ1) is 35.2. The zero-order chi connectivity index (χ0) is 34.6. The number of ketones is 1. The van der Waals surface area contributed by atoms with E-state index in [1.165, 1.54) is 5.01 Å². The number of cyclic esters (lactones) is 1.